The van der Waals surface area contributed by atoms with Gasteiger partial charge in [-0.25, -0.2) is 14.4 Å². The second-order valence-electron chi connectivity index (χ2n) is 9.20. The smallest absolute Gasteiger partial charge is 0.433 e. The third kappa shape index (κ3) is 7.67. The van der Waals surface area contributed by atoms with Crippen LogP contribution in [0.4, 0.5) is 20.5 Å². The Balaban J connectivity index is 1.47. The molecule has 1 fully saturated rings. The van der Waals surface area contributed by atoms with E-state index in [2.05, 4.69) is 10.1 Å². The topological polar surface area (TPSA) is 221 Å². The van der Waals surface area contributed by atoms with Gasteiger partial charge in [0.2, 0.25) is 6.23 Å². The van der Waals surface area contributed by atoms with Crippen LogP contribution in [0.3, 0.4) is 0 Å². The Kier molecular flexibility index (Phi) is 9.69. The summed E-state index contributed by atoms with van der Waals surface area (Å²) in [5.74, 6) is -5.94. The summed E-state index contributed by atoms with van der Waals surface area (Å²) in [5, 5.41) is 23.5. The predicted octanol–water partition coefficient (Wildman–Crippen LogP) is 2.28. The van der Waals surface area contributed by atoms with E-state index in [0.29, 0.717) is 10.1 Å². The number of anilines is 1. The molecule has 1 aliphatic heterocycles. The molecule has 2 aromatic heterocycles. The lowest BCUT2D eigenvalue weighted by atomic mass is 10.1. The van der Waals surface area contributed by atoms with Crippen molar-refractivity contribution in [3.63, 3.8) is 0 Å². The molecule has 4 N–H and O–H groups in total. The normalized spacial score (nSPS) is 21.6. The molecule has 2 unspecified atom stereocenters. The van der Waals surface area contributed by atoms with Gasteiger partial charge in [0.1, 0.15) is 41.9 Å². The fraction of sp³-hybridized carbons (Fsp3) is 0.375. The van der Waals surface area contributed by atoms with Crippen molar-refractivity contribution >= 4 is 25.4 Å². The Morgan fingerprint density at radius 1 is 1.26 bits per heavy atom. The van der Waals surface area contributed by atoms with Gasteiger partial charge in [0.15, 0.2) is 6.10 Å². The zero-order valence-electron chi connectivity index (χ0n) is 22.3. The fourth-order valence-corrected chi connectivity index (χ4v) is 5.27. The summed E-state index contributed by atoms with van der Waals surface area (Å²) in [6, 6.07) is 10.5. The van der Waals surface area contributed by atoms with Gasteiger partial charge in [-0.2, -0.15) is 13.8 Å². The van der Waals surface area contributed by atoms with Crippen LogP contribution in [0.5, 0.6) is 0 Å². The van der Waals surface area contributed by atoms with Crippen molar-refractivity contribution in [3.05, 3.63) is 86.7 Å². The van der Waals surface area contributed by atoms with Gasteiger partial charge >= 0.3 is 31.2 Å². The molecule has 3 heterocycles. The number of furan rings is 1. The minimum atomic E-state index is -4.65. The molecule has 1 aromatic carbocycles. The number of nitrogen functional groups attached to an aromatic ring is 1. The number of nitrogens with zero attached hydrogens (tertiary/aromatic N) is 3. The molecule has 5 atom stereocenters. The van der Waals surface area contributed by atoms with Crippen molar-refractivity contribution in [1.29, 1.82) is 0 Å². The van der Waals surface area contributed by atoms with Crippen molar-refractivity contribution in [2.24, 2.45) is 0 Å². The minimum Gasteiger partial charge on any atom is -0.460 e. The van der Waals surface area contributed by atoms with E-state index in [1.54, 1.807) is 30.3 Å². The molecule has 0 saturated carbocycles. The van der Waals surface area contributed by atoms with Crippen molar-refractivity contribution in [1.82, 2.24) is 14.6 Å². The number of nitrogens with one attached hydrogen (secondary N) is 1. The number of nitro groups is 1. The van der Waals surface area contributed by atoms with E-state index in [-0.39, 0.29) is 18.2 Å². The summed E-state index contributed by atoms with van der Waals surface area (Å²) < 4.78 is 69.8. The summed E-state index contributed by atoms with van der Waals surface area (Å²) in [5.41, 5.74) is 4.88. The van der Waals surface area contributed by atoms with Gasteiger partial charge in [0, 0.05) is 6.20 Å². The number of hydrogen-bond donors (Lipinski definition) is 3. The first-order chi connectivity index (χ1) is 20.3. The van der Waals surface area contributed by atoms with Gasteiger partial charge < -0.3 is 24.7 Å². The molecular formula is C24H26F2N5O11P. The zero-order valence-corrected chi connectivity index (χ0v) is 23.2. The van der Waals surface area contributed by atoms with Crippen molar-refractivity contribution in [2.45, 2.75) is 50.5 Å². The lowest BCUT2D eigenvalue weighted by molar-refractivity contribution is -0.402. The summed E-state index contributed by atoms with van der Waals surface area (Å²) in [6.45, 7) is -0.524. The number of esters is 1. The number of halogens is 2. The van der Waals surface area contributed by atoms with Crippen LogP contribution in [0.2, 0.25) is 0 Å². The van der Waals surface area contributed by atoms with Crippen LogP contribution in [0.1, 0.15) is 24.5 Å². The second-order valence-corrected chi connectivity index (χ2v) is 11.0. The monoisotopic (exact) mass is 629 g/mol. The molecule has 0 aliphatic carbocycles. The summed E-state index contributed by atoms with van der Waals surface area (Å²) in [4.78, 5) is 38.1. The highest BCUT2D eigenvalue weighted by atomic mass is 31.2. The first-order valence-electron chi connectivity index (χ1n) is 12.5. The van der Waals surface area contributed by atoms with Crippen LogP contribution < -0.4 is 16.5 Å². The van der Waals surface area contributed by atoms with Crippen LogP contribution in [0.25, 0.3) is 0 Å². The summed E-state index contributed by atoms with van der Waals surface area (Å²) in [6.07, 6.45) is -5.81. The number of carbonyl (C=O) groups excluding carboxylic acids is 1. The van der Waals surface area contributed by atoms with Crippen LogP contribution in [-0.4, -0.2) is 56.3 Å². The number of nitrogens with two attached hydrogens (primary N) is 1. The Morgan fingerprint density at radius 2 is 1.98 bits per heavy atom. The lowest BCUT2D eigenvalue weighted by Gasteiger charge is -2.24. The number of rotatable bonds is 13. The number of aromatic nitrogens is 2. The van der Waals surface area contributed by atoms with Gasteiger partial charge in [0.25, 0.3) is 0 Å². The van der Waals surface area contributed by atoms with Gasteiger partial charge in [-0.15, -0.1) is 0 Å². The zero-order chi connectivity index (χ0) is 31.4. The third-order valence-electron chi connectivity index (χ3n) is 6.03. The molecule has 43 heavy (non-hydrogen) atoms. The van der Waals surface area contributed by atoms with Gasteiger partial charge in [-0.3, -0.25) is 28.5 Å². The second kappa shape index (κ2) is 13.1. The molecule has 1 aliphatic rings. The van der Waals surface area contributed by atoms with Gasteiger partial charge in [-0.05, 0) is 24.6 Å². The lowest BCUT2D eigenvalue weighted by Crippen LogP contribution is -2.42. The molecule has 0 radical (unpaired) electrons. The van der Waals surface area contributed by atoms with E-state index in [4.69, 9.17) is 28.7 Å². The summed E-state index contributed by atoms with van der Waals surface area (Å²) >= 11 is 0. The van der Waals surface area contributed by atoms with Gasteiger partial charge in [0.05, 0.1) is 12.7 Å². The number of aliphatic hydroxyl groups is 1. The van der Waals surface area contributed by atoms with E-state index >= 15 is 0 Å². The molecule has 0 amide bonds. The molecule has 16 nitrogen and oxygen atoms in total. The number of ether oxygens (including phenoxy) is 2. The largest absolute Gasteiger partial charge is 0.460 e. The standard InChI is InChI=1S/C24H26F2N5O11P/c1-14(21(33)38-11-15-5-3-2-4-6-15)29-43(37,39-12-16-7-8-19(41-16)31(35)36)40-13-17-20(32)24(25,26)22(42-17)30-10-9-18(27)28-23(30)34/h2-10,14,17,20,22,32H,11-13H2,1H3,(H,29,37)(H2,27,28,34)/t14-,17+,20?,22+,43?/m0/s1. The van der Waals surface area contributed by atoms with E-state index in [1.807, 2.05) is 0 Å². The number of carbonyl (C=O) groups is 1. The number of aliphatic hydroxyl groups excluding tert-OH is 1. The Morgan fingerprint density at radius 3 is 2.63 bits per heavy atom. The first-order valence-corrected chi connectivity index (χ1v) is 14.0. The van der Waals surface area contributed by atoms with Crippen LogP contribution in [0, 0.1) is 10.1 Å². The quantitative estimate of drug-likeness (QED) is 0.107. The Bertz CT molecular complexity index is 1550. The Hall–Kier alpha value is -4.06. The number of alkyl halides is 2. The summed E-state index contributed by atoms with van der Waals surface area (Å²) in [7, 11) is -4.65. The molecule has 232 valence electrons. The number of benzene rings is 1. The highest BCUT2D eigenvalue weighted by molar-refractivity contribution is 7.51. The maximum Gasteiger partial charge on any atom is 0.433 e. The SMILES string of the molecule is C[C@H](NP(=O)(OCc1ccc([N+](=O)[O-])o1)OC[C@H]1O[C@@H](n2ccc(N)nc2=O)C(F)(F)C1O)C(=O)OCc1ccccc1. The maximum atomic E-state index is 14.9. The average Bonchev–Trinajstić information content (AvgIpc) is 3.53. The molecular weight excluding hydrogens is 603 g/mol. The van der Waals surface area contributed by atoms with Gasteiger partial charge in [-0.1, -0.05) is 30.3 Å². The number of hydrogen-bond acceptors (Lipinski definition) is 13. The molecule has 0 bridgehead atoms. The van der Waals surface area contributed by atoms with Crippen LogP contribution >= 0.6 is 7.75 Å². The van der Waals surface area contributed by atoms with E-state index in [0.717, 1.165) is 24.4 Å². The van der Waals surface area contributed by atoms with Crippen molar-refractivity contribution in [2.75, 3.05) is 12.3 Å². The van der Waals surface area contributed by atoms with Crippen LogP contribution in [0.15, 0.2) is 63.9 Å². The predicted molar refractivity (Wildman–Crippen MR) is 140 cm³/mol. The van der Waals surface area contributed by atoms with Crippen LogP contribution in [-0.2, 0) is 41.1 Å². The molecule has 1 saturated heterocycles. The van der Waals surface area contributed by atoms with E-state index in [1.165, 1.54) is 6.92 Å². The average molecular weight is 629 g/mol. The highest BCUT2D eigenvalue weighted by Gasteiger charge is 2.60. The fourth-order valence-electron chi connectivity index (χ4n) is 3.83. The van der Waals surface area contributed by atoms with E-state index in [9.17, 15) is 38.2 Å². The Labute approximate surface area is 241 Å². The van der Waals surface area contributed by atoms with Crippen molar-refractivity contribution in [3.8, 4) is 0 Å². The highest BCUT2D eigenvalue weighted by Crippen LogP contribution is 2.48. The molecule has 4 rings (SSSR count). The maximum absolute atomic E-state index is 14.9. The molecule has 19 heteroatoms. The minimum absolute atomic E-state index is 0.119. The van der Waals surface area contributed by atoms with Crippen molar-refractivity contribution < 1.29 is 51.1 Å². The first kappa shape index (κ1) is 31.9. The van der Waals surface area contributed by atoms with E-state index < -0.39 is 73.8 Å². The third-order valence-corrected chi connectivity index (χ3v) is 7.69. The molecule has 3 aromatic rings. The molecule has 0 spiro atoms.